The first-order chi connectivity index (χ1) is 5.60. The fourth-order valence-corrected chi connectivity index (χ4v) is 1.04. The number of rotatable bonds is 0. The number of hydrogen-bond acceptors (Lipinski definition) is 1. The summed E-state index contributed by atoms with van der Waals surface area (Å²) in [6.07, 6.45) is 0. The van der Waals surface area contributed by atoms with E-state index in [-0.39, 0.29) is 0 Å². The molecule has 0 unspecified atom stereocenters. The van der Waals surface area contributed by atoms with E-state index in [1.54, 1.807) is 0 Å². The molecule has 1 aromatic heterocycles. The molecule has 1 nitrogen and oxygen atoms in total. The van der Waals surface area contributed by atoms with Gasteiger partial charge in [0.15, 0.2) is 0 Å². The molecule has 0 spiro atoms. The van der Waals surface area contributed by atoms with Crippen LogP contribution < -0.4 is 0 Å². The van der Waals surface area contributed by atoms with E-state index in [1.165, 1.54) is 5.56 Å². The van der Waals surface area contributed by atoms with Gasteiger partial charge in [-0.1, -0.05) is 0 Å². The van der Waals surface area contributed by atoms with Gasteiger partial charge < -0.3 is 0 Å². The fraction of sp³-hybridized carbons (Fsp3) is 0.375. The molecule has 0 N–H and O–H groups in total. The van der Waals surface area contributed by atoms with E-state index in [2.05, 4.69) is 24.0 Å². The van der Waals surface area contributed by atoms with Crippen LogP contribution in [0.4, 0.5) is 0 Å². The van der Waals surface area contributed by atoms with Crippen LogP contribution in [0.2, 0.25) is 0 Å². The van der Waals surface area contributed by atoms with Gasteiger partial charge in [-0.15, -0.1) is 0 Å². The molecule has 0 fully saturated rings. The summed E-state index contributed by atoms with van der Waals surface area (Å²) in [5.74, 6) is 0. The Kier molecular flexibility index (Phi) is 7.50. The number of hydrogen-bond donors (Lipinski definition) is 0. The van der Waals surface area contributed by atoms with Crippen LogP contribution in [-0.4, -0.2) is 4.98 Å². The summed E-state index contributed by atoms with van der Waals surface area (Å²) in [6, 6.07) is 4.15. The Morgan fingerprint density at radius 2 is 1.42 bits per heavy atom. The summed E-state index contributed by atoms with van der Waals surface area (Å²) in [5.41, 5.74) is 3.50. The van der Waals surface area contributed by atoms with Gasteiger partial charge in [0.25, 0.3) is 0 Å². The first-order valence-electron chi connectivity index (χ1n) is 3.64. The van der Waals surface area contributed by atoms with Gasteiger partial charge in [0, 0.05) is 11.4 Å². The maximum atomic E-state index is 4.99. The van der Waals surface area contributed by atoms with Crippen LogP contribution in [0.25, 0.3) is 0 Å². The van der Waals surface area contributed by atoms with Gasteiger partial charge in [0.05, 0.1) is 0 Å². The Morgan fingerprint density at radius 3 is 1.67 bits per heavy atom. The molecule has 0 bridgehead atoms. The third-order valence-electron chi connectivity index (χ3n) is 1.23. The average molecular weight is 393 g/mol. The van der Waals surface area contributed by atoms with Crippen LogP contribution in [0.1, 0.15) is 17.0 Å². The SMILES string of the molecule is Cc1cc(C)nc(C)c1.[Cl][Hg][Cl]. The first kappa shape index (κ1) is 12.7. The molecular weight excluding hydrogens is 382 g/mol. The first-order valence-corrected chi connectivity index (χ1v) is 17.2. The summed E-state index contributed by atoms with van der Waals surface area (Å²) < 4.78 is 0. The third kappa shape index (κ3) is 6.21. The Bertz CT molecular complexity index is 190. The van der Waals surface area contributed by atoms with Gasteiger partial charge in [-0.2, -0.15) is 0 Å². The summed E-state index contributed by atoms with van der Waals surface area (Å²) in [4.78, 5) is 4.23. The normalized spacial score (nSPS) is 8.08. The minimum absolute atomic E-state index is 1.10. The zero-order chi connectivity index (χ0) is 9.56. The molecule has 1 rings (SSSR count). The van der Waals surface area contributed by atoms with Crippen molar-refractivity contribution in [3.05, 3.63) is 29.1 Å². The van der Waals surface area contributed by atoms with E-state index in [1.807, 2.05) is 13.8 Å². The molecule has 0 saturated carbocycles. The van der Waals surface area contributed by atoms with Crippen molar-refractivity contribution in [2.24, 2.45) is 0 Å². The molecule has 0 aliphatic carbocycles. The van der Waals surface area contributed by atoms with Crippen LogP contribution in [-0.2, 0) is 22.1 Å². The molecule has 0 aliphatic heterocycles. The van der Waals surface area contributed by atoms with Crippen molar-refractivity contribution in [1.29, 1.82) is 0 Å². The Labute approximate surface area is 92.8 Å². The quantitative estimate of drug-likeness (QED) is 0.617. The summed E-state index contributed by atoms with van der Waals surface area (Å²) >= 11 is -1.14. The molecule has 0 amide bonds. The van der Waals surface area contributed by atoms with Crippen LogP contribution in [0.3, 0.4) is 0 Å². The molecule has 0 aromatic carbocycles. The zero-order valence-corrected chi connectivity index (χ0v) is 14.6. The Hall–Kier alpha value is 0.665. The van der Waals surface area contributed by atoms with Crippen molar-refractivity contribution in [1.82, 2.24) is 4.98 Å². The van der Waals surface area contributed by atoms with Gasteiger partial charge >= 0.3 is 38.6 Å². The minimum atomic E-state index is -1.14. The van der Waals surface area contributed by atoms with Crippen LogP contribution >= 0.6 is 16.5 Å². The second-order valence-corrected chi connectivity index (χ2v) is 10.4. The van der Waals surface area contributed by atoms with Gasteiger partial charge in [-0.05, 0) is 38.5 Å². The predicted octanol–water partition coefficient (Wildman–Crippen LogP) is 3.38. The summed E-state index contributed by atoms with van der Waals surface area (Å²) in [5, 5.41) is 0. The number of aryl methyl sites for hydroxylation is 3. The molecular formula is C8H11Cl2HgN. The Balaban J connectivity index is 0.000000354. The van der Waals surface area contributed by atoms with Gasteiger partial charge in [-0.25, -0.2) is 0 Å². The molecule has 4 heteroatoms. The van der Waals surface area contributed by atoms with E-state index in [0.717, 1.165) is 11.4 Å². The molecule has 12 heavy (non-hydrogen) atoms. The molecule has 0 saturated heterocycles. The van der Waals surface area contributed by atoms with E-state index in [4.69, 9.17) is 16.5 Å². The number of pyridine rings is 1. The van der Waals surface area contributed by atoms with Gasteiger partial charge in [0.1, 0.15) is 0 Å². The van der Waals surface area contributed by atoms with Crippen molar-refractivity contribution < 1.29 is 22.1 Å². The number of halogens is 2. The third-order valence-corrected chi connectivity index (χ3v) is 1.23. The second-order valence-electron chi connectivity index (χ2n) is 2.53. The number of nitrogens with zero attached hydrogens (tertiary/aromatic N) is 1. The second kappa shape index (κ2) is 7.11. The molecule has 1 heterocycles. The van der Waals surface area contributed by atoms with Crippen molar-refractivity contribution in [2.75, 3.05) is 0 Å². The van der Waals surface area contributed by atoms with Gasteiger partial charge in [0.2, 0.25) is 0 Å². The molecule has 1 aromatic rings. The van der Waals surface area contributed by atoms with Crippen molar-refractivity contribution >= 4 is 16.5 Å². The molecule has 0 aliphatic rings. The van der Waals surface area contributed by atoms with Gasteiger partial charge in [-0.3, -0.25) is 4.98 Å². The van der Waals surface area contributed by atoms with Crippen LogP contribution in [0.5, 0.6) is 0 Å². The summed E-state index contributed by atoms with van der Waals surface area (Å²) in [7, 11) is 9.97. The molecule has 0 atom stereocenters. The van der Waals surface area contributed by atoms with Crippen LogP contribution in [0, 0.1) is 20.8 Å². The Morgan fingerprint density at radius 1 is 1.08 bits per heavy atom. The summed E-state index contributed by atoms with van der Waals surface area (Å²) in [6.45, 7) is 6.11. The molecule has 64 valence electrons. The standard InChI is InChI=1S/C8H11N.2ClH.Hg/c1-6-4-7(2)9-8(3)5-6;;;/h4-5H,1-3H3;2*1H;/q;;;+2/p-2. The van der Waals surface area contributed by atoms with E-state index in [9.17, 15) is 0 Å². The van der Waals surface area contributed by atoms with Crippen molar-refractivity contribution in [2.45, 2.75) is 20.8 Å². The van der Waals surface area contributed by atoms with E-state index >= 15 is 0 Å². The predicted molar refractivity (Wildman–Crippen MR) is 50.2 cm³/mol. The van der Waals surface area contributed by atoms with E-state index in [0.29, 0.717) is 0 Å². The topological polar surface area (TPSA) is 12.9 Å². The van der Waals surface area contributed by atoms with Crippen molar-refractivity contribution in [3.8, 4) is 0 Å². The monoisotopic (exact) mass is 393 g/mol. The maximum absolute atomic E-state index is 4.99. The van der Waals surface area contributed by atoms with Crippen LogP contribution in [0.15, 0.2) is 12.1 Å². The van der Waals surface area contributed by atoms with Crippen molar-refractivity contribution in [3.63, 3.8) is 0 Å². The zero-order valence-electron chi connectivity index (χ0n) is 7.56. The number of aromatic nitrogens is 1. The average Bonchev–Trinajstić information content (AvgIpc) is 1.84. The fourth-order valence-electron chi connectivity index (χ4n) is 1.04. The van der Waals surface area contributed by atoms with E-state index < -0.39 is 22.1 Å². The molecule has 0 radical (unpaired) electrons.